The number of halogens is 3. The molecule has 1 aliphatic rings. The third-order valence-corrected chi connectivity index (χ3v) is 4.36. The Morgan fingerprint density at radius 2 is 1.85 bits per heavy atom. The second-order valence-corrected chi connectivity index (χ2v) is 6.56. The predicted molar refractivity (Wildman–Crippen MR) is 83.5 cm³/mol. The minimum Gasteiger partial charge on any atom is -0.493 e. The molecule has 0 aromatic heterocycles. The van der Waals surface area contributed by atoms with Gasteiger partial charge in [0.05, 0.1) is 12.6 Å². The lowest BCUT2D eigenvalue weighted by atomic mass is 9.96. The molecule has 0 saturated heterocycles. The van der Waals surface area contributed by atoms with Crippen molar-refractivity contribution < 1.29 is 9.13 Å². The quantitative estimate of drug-likeness (QED) is 0.813. The molecule has 0 aliphatic carbocycles. The van der Waals surface area contributed by atoms with Gasteiger partial charge in [-0.2, -0.15) is 0 Å². The molecule has 2 N–H and O–H groups in total. The molecular formula is C15H12Br2FNO. The lowest BCUT2D eigenvalue weighted by Crippen LogP contribution is -2.15. The number of rotatable bonds is 2. The summed E-state index contributed by atoms with van der Waals surface area (Å²) in [7, 11) is 0. The summed E-state index contributed by atoms with van der Waals surface area (Å²) in [6.45, 7) is 0.645. The van der Waals surface area contributed by atoms with Gasteiger partial charge in [-0.05, 0) is 35.9 Å². The molecule has 1 heterocycles. The zero-order valence-electron chi connectivity index (χ0n) is 10.5. The molecule has 3 rings (SSSR count). The van der Waals surface area contributed by atoms with E-state index >= 15 is 0 Å². The maximum atomic E-state index is 14.0. The van der Waals surface area contributed by atoms with Gasteiger partial charge in [-0.1, -0.05) is 31.9 Å². The largest absolute Gasteiger partial charge is 0.493 e. The van der Waals surface area contributed by atoms with Gasteiger partial charge in [0.25, 0.3) is 0 Å². The normalized spacial score (nSPS) is 14.8. The van der Waals surface area contributed by atoms with Crippen LogP contribution in [0.15, 0.2) is 39.3 Å². The second kappa shape index (κ2) is 5.47. The summed E-state index contributed by atoms with van der Waals surface area (Å²) in [5.41, 5.74) is 8.64. The van der Waals surface area contributed by atoms with Crippen molar-refractivity contribution in [3.63, 3.8) is 0 Å². The Labute approximate surface area is 133 Å². The van der Waals surface area contributed by atoms with Gasteiger partial charge in [-0.3, -0.25) is 0 Å². The van der Waals surface area contributed by atoms with E-state index in [0.29, 0.717) is 12.2 Å². The average molecular weight is 401 g/mol. The van der Waals surface area contributed by atoms with Crippen LogP contribution in [0, 0.1) is 5.82 Å². The minimum absolute atomic E-state index is 0.313. The molecule has 0 saturated carbocycles. The fraction of sp³-hybridized carbons (Fsp3) is 0.200. The van der Waals surface area contributed by atoms with E-state index in [4.69, 9.17) is 10.5 Å². The third-order valence-electron chi connectivity index (χ3n) is 3.41. The molecule has 104 valence electrons. The van der Waals surface area contributed by atoms with E-state index in [9.17, 15) is 4.39 Å². The van der Waals surface area contributed by atoms with Crippen LogP contribution in [0.2, 0.25) is 0 Å². The van der Waals surface area contributed by atoms with Gasteiger partial charge in [-0.25, -0.2) is 4.39 Å². The number of hydrogen-bond acceptors (Lipinski definition) is 2. The summed E-state index contributed by atoms with van der Waals surface area (Å²) < 4.78 is 21.4. The molecule has 0 fully saturated rings. The van der Waals surface area contributed by atoms with E-state index < -0.39 is 6.04 Å². The highest BCUT2D eigenvalue weighted by molar-refractivity contribution is 9.10. The number of hydrogen-bond donors (Lipinski definition) is 1. The van der Waals surface area contributed by atoms with Crippen LogP contribution in [0.1, 0.15) is 22.7 Å². The highest BCUT2D eigenvalue weighted by Gasteiger charge is 2.24. The number of nitrogens with two attached hydrogens (primary N) is 1. The number of fused-ring (bicyclic) bond motifs is 1. The van der Waals surface area contributed by atoms with Crippen molar-refractivity contribution in [3.05, 3.63) is 61.8 Å². The molecule has 5 heteroatoms. The maximum absolute atomic E-state index is 14.0. The Kier molecular flexibility index (Phi) is 3.84. The standard InChI is InChI=1S/C15H12Br2FNO/c16-9-1-2-13(18)11(6-9)14(19)12-7-10(17)5-8-3-4-20-15(8)12/h1-2,5-7,14H,3-4,19H2. The van der Waals surface area contributed by atoms with Crippen LogP contribution in [0.25, 0.3) is 0 Å². The first-order chi connectivity index (χ1) is 9.56. The minimum atomic E-state index is -0.558. The van der Waals surface area contributed by atoms with Crippen LogP contribution in [-0.4, -0.2) is 6.61 Å². The van der Waals surface area contributed by atoms with Gasteiger partial charge in [0.2, 0.25) is 0 Å². The van der Waals surface area contributed by atoms with Crippen LogP contribution in [0.4, 0.5) is 4.39 Å². The molecule has 2 nitrogen and oxygen atoms in total. The summed E-state index contributed by atoms with van der Waals surface area (Å²) in [6.07, 6.45) is 0.857. The molecule has 0 radical (unpaired) electrons. The first kappa shape index (κ1) is 14.0. The van der Waals surface area contributed by atoms with Gasteiger partial charge in [0.15, 0.2) is 0 Å². The highest BCUT2D eigenvalue weighted by Crippen LogP contribution is 2.38. The maximum Gasteiger partial charge on any atom is 0.128 e. The van der Waals surface area contributed by atoms with Crippen LogP contribution in [0.3, 0.4) is 0 Å². The summed E-state index contributed by atoms with van der Waals surface area (Å²) in [6, 6.07) is 8.15. The van der Waals surface area contributed by atoms with Crippen molar-refractivity contribution >= 4 is 31.9 Å². The molecular weight excluding hydrogens is 389 g/mol. The molecule has 2 aromatic carbocycles. The smallest absolute Gasteiger partial charge is 0.128 e. The van der Waals surface area contributed by atoms with Crippen molar-refractivity contribution in [2.45, 2.75) is 12.5 Å². The summed E-state index contributed by atoms with van der Waals surface area (Å²) in [5, 5.41) is 0. The molecule has 0 amide bonds. The van der Waals surface area contributed by atoms with E-state index in [0.717, 1.165) is 32.2 Å². The van der Waals surface area contributed by atoms with Crippen molar-refractivity contribution in [1.29, 1.82) is 0 Å². The molecule has 1 aliphatic heterocycles. The Hall–Kier alpha value is -0.910. The van der Waals surface area contributed by atoms with Crippen LogP contribution >= 0.6 is 31.9 Å². The zero-order chi connectivity index (χ0) is 14.3. The SMILES string of the molecule is NC(c1cc(Br)ccc1F)c1cc(Br)cc2c1OCC2. The van der Waals surface area contributed by atoms with Crippen molar-refractivity contribution in [1.82, 2.24) is 0 Å². The second-order valence-electron chi connectivity index (χ2n) is 4.73. The molecule has 20 heavy (non-hydrogen) atoms. The summed E-state index contributed by atoms with van der Waals surface area (Å²) >= 11 is 6.83. The molecule has 1 atom stereocenters. The first-order valence-electron chi connectivity index (χ1n) is 6.22. The van der Waals surface area contributed by atoms with E-state index in [1.165, 1.54) is 6.07 Å². The van der Waals surface area contributed by atoms with Crippen molar-refractivity contribution in [2.75, 3.05) is 6.61 Å². The Bertz CT molecular complexity index is 675. The predicted octanol–water partition coefficient (Wildman–Crippen LogP) is 4.33. The lowest BCUT2D eigenvalue weighted by molar-refractivity contribution is 0.352. The monoisotopic (exact) mass is 399 g/mol. The Morgan fingerprint density at radius 1 is 1.10 bits per heavy atom. The lowest BCUT2D eigenvalue weighted by Gasteiger charge is -2.17. The van der Waals surface area contributed by atoms with E-state index in [1.807, 2.05) is 12.1 Å². The zero-order valence-corrected chi connectivity index (χ0v) is 13.7. The van der Waals surface area contributed by atoms with Gasteiger partial charge < -0.3 is 10.5 Å². The summed E-state index contributed by atoms with van der Waals surface area (Å²) in [5.74, 6) is 0.479. The average Bonchev–Trinajstić information content (AvgIpc) is 2.87. The van der Waals surface area contributed by atoms with Gasteiger partial charge in [-0.15, -0.1) is 0 Å². The molecule has 1 unspecified atom stereocenters. The third kappa shape index (κ3) is 2.50. The number of ether oxygens (including phenoxy) is 1. The summed E-state index contributed by atoms with van der Waals surface area (Å²) in [4.78, 5) is 0. The van der Waals surface area contributed by atoms with Crippen LogP contribution < -0.4 is 10.5 Å². The van der Waals surface area contributed by atoms with E-state index in [1.54, 1.807) is 12.1 Å². The Morgan fingerprint density at radius 3 is 2.65 bits per heavy atom. The van der Waals surface area contributed by atoms with Gasteiger partial charge in [0, 0.05) is 26.5 Å². The van der Waals surface area contributed by atoms with Gasteiger partial charge in [0.1, 0.15) is 11.6 Å². The molecule has 0 bridgehead atoms. The first-order valence-corrected chi connectivity index (χ1v) is 7.80. The fourth-order valence-corrected chi connectivity index (χ4v) is 3.35. The van der Waals surface area contributed by atoms with Crippen molar-refractivity contribution in [3.8, 4) is 5.75 Å². The van der Waals surface area contributed by atoms with Crippen molar-refractivity contribution in [2.24, 2.45) is 5.73 Å². The molecule has 2 aromatic rings. The molecule has 0 spiro atoms. The van der Waals surface area contributed by atoms with E-state index in [-0.39, 0.29) is 5.82 Å². The van der Waals surface area contributed by atoms with Crippen LogP contribution in [0.5, 0.6) is 5.75 Å². The topological polar surface area (TPSA) is 35.2 Å². The van der Waals surface area contributed by atoms with Crippen LogP contribution in [-0.2, 0) is 6.42 Å². The van der Waals surface area contributed by atoms with Gasteiger partial charge >= 0.3 is 0 Å². The highest BCUT2D eigenvalue weighted by atomic mass is 79.9. The fourth-order valence-electron chi connectivity index (χ4n) is 2.45. The number of benzene rings is 2. The Balaban J connectivity index is 2.11. The van der Waals surface area contributed by atoms with E-state index in [2.05, 4.69) is 31.9 Å².